The number of carbonyl (C=O) groups excluding carboxylic acids is 1. The number of benzene rings is 1. The molecule has 20 heteroatoms. The van der Waals surface area contributed by atoms with Gasteiger partial charge >= 0.3 is 6.09 Å². The molecule has 0 radical (unpaired) electrons. The zero-order chi connectivity index (χ0) is 33.1. The predicted molar refractivity (Wildman–Crippen MR) is 165 cm³/mol. The van der Waals surface area contributed by atoms with Crippen LogP contribution >= 0.6 is 0 Å². The molecule has 1 aromatic rings. The number of methoxy groups -OCH3 is 1. The molecule has 0 heterocycles. The molecular weight excluding hydrogens is 592 g/mol. The lowest BCUT2D eigenvalue weighted by Crippen LogP contribution is -2.36. The highest BCUT2D eigenvalue weighted by atomic mass is 16.5. The van der Waals surface area contributed by atoms with Crippen LogP contribution in [0.15, 0.2) is 50.8 Å². The van der Waals surface area contributed by atoms with Crippen molar-refractivity contribution in [3.8, 4) is 0 Å². The molecule has 1 amide bonds. The highest BCUT2D eigenvalue weighted by molar-refractivity contribution is 5.67. The van der Waals surface area contributed by atoms with Crippen LogP contribution in [0, 0.1) is 0 Å². The van der Waals surface area contributed by atoms with Crippen molar-refractivity contribution in [2.45, 2.75) is 6.54 Å². The zero-order valence-electron chi connectivity index (χ0n) is 25.6. The minimum Gasteiger partial charge on any atom is -0.453 e. The van der Waals surface area contributed by atoms with Gasteiger partial charge in [0.2, 0.25) is 0 Å². The summed E-state index contributed by atoms with van der Waals surface area (Å²) in [5.41, 5.74) is 33.8. The van der Waals surface area contributed by atoms with Gasteiger partial charge in [-0.25, -0.2) is 4.79 Å². The first kappa shape index (κ1) is 40.5. The van der Waals surface area contributed by atoms with Crippen LogP contribution in [0.5, 0.6) is 0 Å². The van der Waals surface area contributed by atoms with Crippen molar-refractivity contribution in [2.24, 2.45) is 20.5 Å². The van der Waals surface area contributed by atoms with E-state index in [1.807, 2.05) is 18.2 Å². The van der Waals surface area contributed by atoms with E-state index in [1.165, 1.54) is 17.6 Å². The lowest BCUT2D eigenvalue weighted by atomic mass is 10.2. The molecule has 45 heavy (non-hydrogen) atoms. The standard InChI is InChI=1S/C15H23N7O2.C10H19N7O4/c16-20-18-6-10-23-12-8-22(9-13-24-11-7-19-21-17)14-15-4-2-1-3-5-15;1-19-10(18)17(4-8-20-6-2-13-15-11)5-9-21-7-3-14-16-12/h1-5H,6-14H2;2-9H2,1H3. The second kappa shape index (κ2) is 32.4. The number of nitrogens with zero attached hydrogens (tertiary/aromatic N) is 14. The van der Waals surface area contributed by atoms with Crippen LogP contribution in [-0.4, -0.2) is 128 Å². The molecule has 0 saturated heterocycles. The average Bonchev–Trinajstić information content (AvgIpc) is 3.06. The summed E-state index contributed by atoms with van der Waals surface area (Å²) in [5.74, 6) is 0. The van der Waals surface area contributed by atoms with E-state index in [0.29, 0.717) is 79.0 Å². The van der Waals surface area contributed by atoms with E-state index < -0.39 is 6.09 Å². The van der Waals surface area contributed by atoms with Gasteiger partial charge in [0.25, 0.3) is 0 Å². The molecule has 0 aliphatic heterocycles. The van der Waals surface area contributed by atoms with E-state index in [0.717, 1.165) is 19.6 Å². The van der Waals surface area contributed by atoms with E-state index in [9.17, 15) is 4.79 Å². The topological polar surface area (TPSA) is 265 Å². The number of rotatable bonds is 26. The summed E-state index contributed by atoms with van der Waals surface area (Å²) >= 11 is 0. The van der Waals surface area contributed by atoms with Gasteiger partial charge in [0.15, 0.2) is 0 Å². The Morgan fingerprint density at radius 3 is 1.36 bits per heavy atom. The average molecular weight is 635 g/mol. The molecule has 0 spiro atoms. The Kier molecular flexibility index (Phi) is 29.2. The molecule has 0 bridgehead atoms. The molecule has 0 aliphatic rings. The summed E-state index contributed by atoms with van der Waals surface area (Å²) in [4.78, 5) is 25.7. The Balaban J connectivity index is 0.000000870. The number of ether oxygens (including phenoxy) is 5. The van der Waals surface area contributed by atoms with Crippen LogP contribution < -0.4 is 0 Å². The van der Waals surface area contributed by atoms with Crippen LogP contribution in [0.2, 0.25) is 0 Å². The number of hydrogen-bond donors (Lipinski definition) is 0. The Morgan fingerprint density at radius 2 is 1.00 bits per heavy atom. The van der Waals surface area contributed by atoms with Gasteiger partial charge in [-0.2, -0.15) is 0 Å². The van der Waals surface area contributed by atoms with E-state index in [4.69, 9.17) is 41.1 Å². The summed E-state index contributed by atoms with van der Waals surface area (Å²) in [6.45, 7) is 7.33. The zero-order valence-corrected chi connectivity index (χ0v) is 25.6. The van der Waals surface area contributed by atoms with Crippen molar-refractivity contribution in [2.75, 3.05) is 112 Å². The Morgan fingerprint density at radius 1 is 0.622 bits per heavy atom. The third-order valence-corrected chi connectivity index (χ3v) is 5.39. The minimum atomic E-state index is -0.479. The van der Waals surface area contributed by atoms with Crippen molar-refractivity contribution < 1.29 is 28.5 Å². The Bertz CT molecular complexity index is 1020. The normalized spacial score (nSPS) is 9.82. The molecule has 0 aromatic heterocycles. The summed E-state index contributed by atoms with van der Waals surface area (Å²) in [6, 6.07) is 10.2. The van der Waals surface area contributed by atoms with Crippen LogP contribution in [0.4, 0.5) is 4.79 Å². The summed E-state index contributed by atoms with van der Waals surface area (Å²) in [5, 5.41) is 13.5. The van der Waals surface area contributed by atoms with Crippen molar-refractivity contribution in [3.05, 3.63) is 77.7 Å². The second-order valence-corrected chi connectivity index (χ2v) is 8.49. The molecule has 1 rings (SSSR count). The van der Waals surface area contributed by atoms with E-state index >= 15 is 0 Å². The smallest absolute Gasteiger partial charge is 0.409 e. The van der Waals surface area contributed by atoms with Gasteiger partial charge < -0.3 is 28.6 Å². The largest absolute Gasteiger partial charge is 0.453 e. The first-order chi connectivity index (χ1) is 22.1. The molecule has 0 N–H and O–H groups in total. The first-order valence-electron chi connectivity index (χ1n) is 14.1. The maximum absolute atomic E-state index is 11.5. The van der Waals surface area contributed by atoms with Gasteiger partial charge in [0, 0.05) is 78.5 Å². The van der Waals surface area contributed by atoms with Gasteiger partial charge in [-0.3, -0.25) is 4.90 Å². The van der Waals surface area contributed by atoms with Gasteiger partial charge in [-0.1, -0.05) is 50.8 Å². The fourth-order valence-corrected chi connectivity index (χ4v) is 3.28. The highest BCUT2D eigenvalue weighted by Gasteiger charge is 2.13. The Hall–Kier alpha value is -4.47. The highest BCUT2D eigenvalue weighted by Crippen LogP contribution is 2.04. The van der Waals surface area contributed by atoms with E-state index in [2.05, 4.69) is 61.9 Å². The first-order valence-corrected chi connectivity index (χ1v) is 14.1. The maximum atomic E-state index is 11.5. The maximum Gasteiger partial charge on any atom is 0.409 e. The predicted octanol–water partition coefficient (Wildman–Crippen LogP) is 4.85. The van der Waals surface area contributed by atoms with Crippen molar-refractivity contribution >= 4 is 6.09 Å². The van der Waals surface area contributed by atoms with E-state index in [1.54, 1.807) is 0 Å². The summed E-state index contributed by atoms with van der Waals surface area (Å²) in [7, 11) is 1.29. The molecule has 0 unspecified atom stereocenters. The molecular formula is C25H42N14O6. The number of hydrogen-bond acceptors (Lipinski definition) is 11. The molecule has 0 atom stereocenters. The van der Waals surface area contributed by atoms with Crippen LogP contribution in [0.25, 0.3) is 41.8 Å². The molecule has 1 aromatic carbocycles. The van der Waals surface area contributed by atoms with Crippen molar-refractivity contribution in [1.29, 1.82) is 0 Å². The molecule has 248 valence electrons. The SMILES string of the molecule is COC(=O)N(CCOCCN=[N+]=[N-])CCOCCN=[N+]=[N-].[N-]=[N+]=NCCOCCN(CCOCCN=[N+]=[N-])Cc1ccccc1. The minimum absolute atomic E-state index is 0.247. The summed E-state index contributed by atoms with van der Waals surface area (Å²) in [6.07, 6.45) is -0.479. The van der Waals surface area contributed by atoms with Gasteiger partial charge in [0.1, 0.15) is 0 Å². The summed E-state index contributed by atoms with van der Waals surface area (Å²) < 4.78 is 26.0. The third-order valence-electron chi connectivity index (χ3n) is 5.39. The van der Waals surface area contributed by atoms with Crippen molar-refractivity contribution in [1.82, 2.24) is 9.80 Å². The molecule has 0 fully saturated rings. The van der Waals surface area contributed by atoms with E-state index in [-0.39, 0.29) is 13.1 Å². The van der Waals surface area contributed by atoms with Crippen LogP contribution in [0.3, 0.4) is 0 Å². The van der Waals surface area contributed by atoms with Crippen LogP contribution in [0.1, 0.15) is 5.56 Å². The number of azide groups is 4. The number of amides is 1. The van der Waals surface area contributed by atoms with Gasteiger partial charge in [-0.15, -0.1) is 0 Å². The quantitative estimate of drug-likeness (QED) is 0.0590. The Labute approximate surface area is 261 Å². The van der Waals surface area contributed by atoms with Crippen molar-refractivity contribution in [3.63, 3.8) is 0 Å². The van der Waals surface area contributed by atoms with Gasteiger partial charge in [-0.05, 0) is 27.7 Å². The second-order valence-electron chi connectivity index (χ2n) is 8.49. The van der Waals surface area contributed by atoms with Gasteiger partial charge in [0.05, 0.1) is 60.0 Å². The molecule has 0 saturated carbocycles. The fraction of sp³-hybridized carbons (Fsp3) is 0.720. The lowest BCUT2D eigenvalue weighted by molar-refractivity contribution is 0.0666. The van der Waals surface area contributed by atoms with Crippen LogP contribution in [-0.2, 0) is 30.2 Å². The third kappa shape index (κ3) is 26.9. The fourth-order valence-electron chi connectivity index (χ4n) is 3.28. The monoisotopic (exact) mass is 634 g/mol. The lowest BCUT2D eigenvalue weighted by Gasteiger charge is -2.22. The number of carbonyl (C=O) groups is 1. The molecule has 0 aliphatic carbocycles. The molecule has 20 nitrogen and oxygen atoms in total.